The third-order valence-corrected chi connectivity index (χ3v) is 6.30. The summed E-state index contributed by atoms with van der Waals surface area (Å²) in [7, 11) is 0. The molecular weight excluding hydrogens is 479 g/mol. The molecule has 3 aromatic heterocycles. The van der Waals surface area contributed by atoms with E-state index in [1.807, 2.05) is 0 Å². The number of fused-ring (bicyclic) bond motifs is 3. The van der Waals surface area contributed by atoms with Crippen molar-refractivity contribution in [3.05, 3.63) is 59.6 Å². The second-order valence-electron chi connectivity index (χ2n) is 10.1. The molecule has 0 bridgehead atoms. The number of hydrogen-bond donors (Lipinski definition) is 0. The number of pyridine rings is 1. The molecule has 10 nitrogen and oxygen atoms in total. The van der Waals surface area contributed by atoms with E-state index < -0.39 is 17.5 Å². The second kappa shape index (κ2) is 8.39. The Morgan fingerprint density at radius 2 is 1.95 bits per heavy atom. The van der Waals surface area contributed by atoms with Crippen LogP contribution in [-0.2, 0) is 11.3 Å². The van der Waals surface area contributed by atoms with Crippen LogP contribution in [0.5, 0.6) is 11.5 Å². The van der Waals surface area contributed by atoms with Gasteiger partial charge in [-0.1, -0.05) is 0 Å². The number of amides is 1. The summed E-state index contributed by atoms with van der Waals surface area (Å²) in [6.07, 6.45) is 2.49. The van der Waals surface area contributed by atoms with E-state index in [2.05, 4.69) is 20.2 Å². The van der Waals surface area contributed by atoms with Gasteiger partial charge in [-0.25, -0.2) is 19.2 Å². The molecule has 0 radical (unpaired) electrons. The first kappa shape index (κ1) is 23.1. The molecule has 0 spiro atoms. The van der Waals surface area contributed by atoms with Crippen LogP contribution in [0.4, 0.5) is 15.0 Å². The number of ether oxygens (including phenoxy) is 3. The lowest BCUT2D eigenvalue weighted by molar-refractivity contribution is 0.0574. The van der Waals surface area contributed by atoms with E-state index in [9.17, 15) is 4.79 Å². The van der Waals surface area contributed by atoms with Crippen LogP contribution in [0.1, 0.15) is 43.6 Å². The van der Waals surface area contributed by atoms with Gasteiger partial charge in [0.05, 0.1) is 31.4 Å². The molecule has 0 saturated carbocycles. The van der Waals surface area contributed by atoms with E-state index in [0.29, 0.717) is 57.8 Å². The molecule has 0 aliphatic carbocycles. The zero-order chi connectivity index (χ0) is 25.9. The highest BCUT2D eigenvalue weighted by atomic mass is 19.1. The first-order chi connectivity index (χ1) is 17.7. The fraction of sp³-hybridized carbons (Fsp3) is 0.346. The van der Waals surface area contributed by atoms with Crippen molar-refractivity contribution in [3.63, 3.8) is 0 Å². The molecule has 2 aliphatic heterocycles. The SMILES string of the molecule is Cc1nccc(-c2cc3c(n4cnnc24)N(C(=O)OC(C)(C)C)Cc2c(F)ccc4c2[C@H](CO4)CO3)n1. The van der Waals surface area contributed by atoms with Crippen LogP contribution in [0.25, 0.3) is 16.9 Å². The van der Waals surface area contributed by atoms with E-state index in [1.54, 1.807) is 56.5 Å². The number of hydrogen-bond acceptors (Lipinski definition) is 8. The maximum Gasteiger partial charge on any atom is 0.416 e. The Bertz CT molecular complexity index is 1550. The number of halogens is 1. The number of aromatic nitrogens is 5. The summed E-state index contributed by atoms with van der Waals surface area (Å²) < 4.78 is 34.9. The van der Waals surface area contributed by atoms with Crippen LogP contribution in [0, 0.1) is 12.7 Å². The summed E-state index contributed by atoms with van der Waals surface area (Å²) in [6.45, 7) is 7.59. The average molecular weight is 505 g/mol. The summed E-state index contributed by atoms with van der Waals surface area (Å²) in [5.74, 6) is 1.25. The van der Waals surface area contributed by atoms with Crippen molar-refractivity contribution < 1.29 is 23.4 Å². The van der Waals surface area contributed by atoms with Gasteiger partial charge in [0.2, 0.25) is 0 Å². The lowest BCUT2D eigenvalue weighted by Gasteiger charge is -2.29. The van der Waals surface area contributed by atoms with Gasteiger partial charge in [-0.15, -0.1) is 10.2 Å². The van der Waals surface area contributed by atoms with Crippen molar-refractivity contribution in [2.24, 2.45) is 0 Å². The van der Waals surface area contributed by atoms with Crippen molar-refractivity contribution in [3.8, 4) is 22.8 Å². The Kier molecular flexibility index (Phi) is 5.25. The highest BCUT2D eigenvalue weighted by Gasteiger charge is 2.37. The van der Waals surface area contributed by atoms with E-state index in [1.165, 1.54) is 17.3 Å². The van der Waals surface area contributed by atoms with Crippen molar-refractivity contribution in [1.82, 2.24) is 24.6 Å². The molecule has 2 aliphatic rings. The number of benzene rings is 1. The van der Waals surface area contributed by atoms with E-state index in [0.717, 1.165) is 0 Å². The van der Waals surface area contributed by atoms with Gasteiger partial charge < -0.3 is 14.2 Å². The third kappa shape index (κ3) is 4.00. The molecule has 4 aromatic rings. The molecular formula is C26H25FN6O4. The third-order valence-electron chi connectivity index (χ3n) is 6.30. The van der Waals surface area contributed by atoms with Gasteiger partial charge in [-0.2, -0.15) is 0 Å². The molecule has 37 heavy (non-hydrogen) atoms. The summed E-state index contributed by atoms with van der Waals surface area (Å²) in [6, 6.07) is 6.52. The smallest absolute Gasteiger partial charge is 0.416 e. The van der Waals surface area contributed by atoms with E-state index >= 15 is 4.39 Å². The molecule has 0 saturated heterocycles. The molecule has 1 aromatic carbocycles. The van der Waals surface area contributed by atoms with Gasteiger partial charge in [-0.05, 0) is 52.0 Å². The Balaban J connectivity index is 1.60. The molecule has 5 heterocycles. The minimum absolute atomic E-state index is 0.0978. The first-order valence-electron chi connectivity index (χ1n) is 11.9. The number of carbonyl (C=O) groups is 1. The molecule has 1 amide bonds. The summed E-state index contributed by atoms with van der Waals surface area (Å²) in [4.78, 5) is 23.7. The Labute approximate surface area is 212 Å². The maximum atomic E-state index is 15.3. The number of carbonyl (C=O) groups excluding carboxylic acids is 1. The van der Waals surface area contributed by atoms with Crippen LogP contribution in [0.2, 0.25) is 0 Å². The lowest BCUT2D eigenvalue weighted by atomic mass is 9.95. The van der Waals surface area contributed by atoms with Crippen LogP contribution < -0.4 is 14.4 Å². The van der Waals surface area contributed by atoms with Crippen molar-refractivity contribution in [2.45, 2.75) is 45.8 Å². The Morgan fingerprint density at radius 3 is 2.70 bits per heavy atom. The number of anilines is 1. The fourth-order valence-corrected chi connectivity index (χ4v) is 4.76. The fourth-order valence-electron chi connectivity index (χ4n) is 4.76. The van der Waals surface area contributed by atoms with E-state index in [4.69, 9.17) is 14.2 Å². The summed E-state index contributed by atoms with van der Waals surface area (Å²) in [5, 5.41) is 8.41. The monoisotopic (exact) mass is 504 g/mol. The topological polar surface area (TPSA) is 104 Å². The average Bonchev–Trinajstić information content (AvgIpc) is 3.48. The van der Waals surface area contributed by atoms with Gasteiger partial charge in [0.15, 0.2) is 17.2 Å². The van der Waals surface area contributed by atoms with Crippen molar-refractivity contribution in [2.75, 3.05) is 18.1 Å². The summed E-state index contributed by atoms with van der Waals surface area (Å²) >= 11 is 0. The number of rotatable bonds is 1. The molecule has 1 atom stereocenters. The Hall–Kier alpha value is -4.28. The molecule has 0 N–H and O–H groups in total. The first-order valence-corrected chi connectivity index (χ1v) is 11.9. The van der Waals surface area contributed by atoms with Gasteiger partial charge in [0, 0.05) is 22.9 Å². The highest BCUT2D eigenvalue weighted by molar-refractivity contribution is 5.91. The zero-order valence-corrected chi connectivity index (χ0v) is 20.9. The molecule has 6 rings (SSSR count). The van der Waals surface area contributed by atoms with Crippen LogP contribution in [0.3, 0.4) is 0 Å². The summed E-state index contributed by atoms with van der Waals surface area (Å²) in [5.41, 5.74) is 2.00. The predicted octanol–water partition coefficient (Wildman–Crippen LogP) is 4.44. The Morgan fingerprint density at radius 1 is 1.16 bits per heavy atom. The van der Waals surface area contributed by atoms with Crippen LogP contribution in [0.15, 0.2) is 36.8 Å². The number of nitrogens with zero attached hydrogens (tertiary/aromatic N) is 6. The quantitative estimate of drug-likeness (QED) is 0.375. The van der Waals surface area contributed by atoms with E-state index in [-0.39, 0.29) is 19.1 Å². The highest BCUT2D eigenvalue weighted by Crippen LogP contribution is 2.43. The predicted molar refractivity (Wildman–Crippen MR) is 131 cm³/mol. The number of aryl methyl sites for hydroxylation is 1. The van der Waals surface area contributed by atoms with Crippen molar-refractivity contribution >= 4 is 17.6 Å². The largest absolute Gasteiger partial charge is 0.493 e. The van der Waals surface area contributed by atoms with Crippen molar-refractivity contribution in [1.29, 1.82) is 0 Å². The maximum absolute atomic E-state index is 15.3. The normalized spacial score (nSPS) is 16.7. The van der Waals surface area contributed by atoms with Gasteiger partial charge in [0.25, 0.3) is 0 Å². The standard InChI is InChI=1S/C26H25FN6O4/c1-14-28-8-7-19(30-14)16-9-21-24(33-13-29-31-23(16)33)32(25(34)37-26(2,3)4)10-17-18(27)5-6-20-22(17)15(11-35-20)12-36-21/h5-9,13,15H,10-12H2,1-4H3/t15-/m1/s1. The molecule has 0 fully saturated rings. The van der Waals surface area contributed by atoms with Gasteiger partial charge in [0.1, 0.15) is 29.3 Å². The van der Waals surface area contributed by atoms with Gasteiger partial charge >= 0.3 is 6.09 Å². The van der Waals surface area contributed by atoms with Crippen LogP contribution >= 0.6 is 0 Å². The molecule has 0 unspecified atom stereocenters. The lowest BCUT2D eigenvalue weighted by Crippen LogP contribution is -2.38. The minimum atomic E-state index is -0.788. The molecule has 190 valence electrons. The minimum Gasteiger partial charge on any atom is -0.493 e. The zero-order valence-electron chi connectivity index (χ0n) is 20.9. The molecule has 11 heteroatoms. The van der Waals surface area contributed by atoms with Gasteiger partial charge in [-0.3, -0.25) is 9.30 Å². The van der Waals surface area contributed by atoms with Crippen LogP contribution in [-0.4, -0.2) is 49.5 Å². The second-order valence-corrected chi connectivity index (χ2v) is 10.1.